The normalized spacial score (nSPS) is 11.6. The number of halogens is 1. The molecule has 0 heterocycles. The van der Waals surface area contributed by atoms with Crippen molar-refractivity contribution in [2.24, 2.45) is 0 Å². The lowest BCUT2D eigenvalue weighted by molar-refractivity contribution is -0.140. The summed E-state index contributed by atoms with van der Waals surface area (Å²) in [6, 6.07) is 23.2. The molecule has 1 atom stereocenters. The zero-order valence-corrected chi connectivity index (χ0v) is 20.4. The second-order valence-electron chi connectivity index (χ2n) is 8.08. The minimum Gasteiger partial charge on any atom is -0.357 e. The third kappa shape index (κ3) is 6.30. The molecule has 32 heavy (non-hydrogen) atoms. The smallest absolute Gasteiger partial charge is 0.242 e. The fourth-order valence-electron chi connectivity index (χ4n) is 3.81. The molecule has 5 heteroatoms. The number of carbonyl (C=O) groups is 2. The molecule has 0 aliphatic carbocycles. The van der Waals surface area contributed by atoms with Crippen molar-refractivity contribution in [2.75, 3.05) is 7.05 Å². The zero-order chi connectivity index (χ0) is 23.1. The van der Waals surface area contributed by atoms with Gasteiger partial charge in [0.2, 0.25) is 11.8 Å². The van der Waals surface area contributed by atoms with E-state index >= 15 is 0 Å². The second-order valence-corrected chi connectivity index (χ2v) is 8.99. The van der Waals surface area contributed by atoms with Crippen molar-refractivity contribution in [1.82, 2.24) is 10.2 Å². The van der Waals surface area contributed by atoms with Crippen LogP contribution in [0.5, 0.6) is 0 Å². The Morgan fingerprint density at radius 3 is 2.34 bits per heavy atom. The van der Waals surface area contributed by atoms with Crippen LogP contribution in [-0.4, -0.2) is 29.8 Å². The average molecular weight is 493 g/mol. The molecule has 4 nitrogen and oxygen atoms in total. The molecule has 3 rings (SSSR count). The Kier molecular flexibility index (Phi) is 8.23. The molecule has 0 fully saturated rings. The Morgan fingerprint density at radius 1 is 0.938 bits per heavy atom. The zero-order valence-electron chi connectivity index (χ0n) is 18.8. The fourth-order valence-corrected chi connectivity index (χ4v) is 4.25. The molecule has 0 aliphatic rings. The van der Waals surface area contributed by atoms with E-state index in [-0.39, 0.29) is 18.2 Å². The topological polar surface area (TPSA) is 49.4 Å². The molecule has 0 aliphatic heterocycles. The van der Waals surface area contributed by atoms with E-state index in [9.17, 15) is 9.59 Å². The number of likely N-dealkylation sites (N-methyl/N-ethyl adjacent to an activating group) is 1. The van der Waals surface area contributed by atoms with Crippen LogP contribution in [0.4, 0.5) is 0 Å². The monoisotopic (exact) mass is 492 g/mol. The van der Waals surface area contributed by atoms with Crippen LogP contribution in [0.2, 0.25) is 0 Å². The molecule has 1 unspecified atom stereocenters. The first kappa shape index (κ1) is 23.7. The van der Waals surface area contributed by atoms with Gasteiger partial charge in [-0.1, -0.05) is 82.2 Å². The summed E-state index contributed by atoms with van der Waals surface area (Å²) in [5.41, 5.74) is 5.16. The molecule has 3 aromatic rings. The molecular formula is C27H29BrN2O2. The molecule has 1 N–H and O–H groups in total. The van der Waals surface area contributed by atoms with E-state index in [1.807, 2.05) is 80.6 Å². The molecule has 0 bridgehead atoms. The molecule has 0 aromatic heterocycles. The van der Waals surface area contributed by atoms with Crippen molar-refractivity contribution in [3.05, 3.63) is 105 Å². The maximum atomic E-state index is 13.7. The van der Waals surface area contributed by atoms with Crippen LogP contribution in [0.25, 0.3) is 0 Å². The minimum absolute atomic E-state index is 0.0665. The fraction of sp³-hybridized carbons (Fsp3) is 0.259. The lowest BCUT2D eigenvalue weighted by Gasteiger charge is -2.31. The number of amides is 2. The predicted molar refractivity (Wildman–Crippen MR) is 132 cm³/mol. The Morgan fingerprint density at radius 2 is 1.66 bits per heavy atom. The summed E-state index contributed by atoms with van der Waals surface area (Å²) in [6.07, 6.45) is 0.705. The molecule has 166 valence electrons. The number of carbonyl (C=O) groups excluding carboxylic acids is 2. The Bertz CT molecular complexity index is 1080. The summed E-state index contributed by atoms with van der Waals surface area (Å²) in [4.78, 5) is 28.3. The van der Waals surface area contributed by atoms with Gasteiger partial charge in [-0.05, 0) is 48.2 Å². The van der Waals surface area contributed by atoms with Crippen molar-refractivity contribution in [2.45, 2.75) is 39.3 Å². The number of hydrogen-bond acceptors (Lipinski definition) is 2. The molecule has 3 aromatic carbocycles. The van der Waals surface area contributed by atoms with Crippen LogP contribution in [0.3, 0.4) is 0 Å². The van der Waals surface area contributed by atoms with E-state index in [0.717, 1.165) is 32.3 Å². The number of rotatable bonds is 8. The highest BCUT2D eigenvalue weighted by atomic mass is 79.9. The van der Waals surface area contributed by atoms with Gasteiger partial charge in [-0.2, -0.15) is 0 Å². The van der Waals surface area contributed by atoms with E-state index in [4.69, 9.17) is 0 Å². The van der Waals surface area contributed by atoms with Crippen molar-refractivity contribution < 1.29 is 9.59 Å². The summed E-state index contributed by atoms with van der Waals surface area (Å²) < 4.78 is 0.941. The van der Waals surface area contributed by atoms with Crippen LogP contribution in [0.15, 0.2) is 77.3 Å². The minimum atomic E-state index is -0.612. The predicted octanol–water partition coefficient (Wildman–Crippen LogP) is 4.99. The van der Waals surface area contributed by atoms with Gasteiger partial charge in [0.05, 0.1) is 6.42 Å². The highest BCUT2D eigenvalue weighted by Gasteiger charge is 2.30. The number of aryl methyl sites for hydroxylation is 2. The van der Waals surface area contributed by atoms with Crippen molar-refractivity contribution in [3.63, 3.8) is 0 Å². The summed E-state index contributed by atoms with van der Waals surface area (Å²) in [6.45, 7) is 4.39. The van der Waals surface area contributed by atoms with E-state index in [0.29, 0.717) is 13.0 Å². The number of hydrogen-bond donors (Lipinski definition) is 1. The third-order valence-electron chi connectivity index (χ3n) is 5.61. The molecule has 2 amide bonds. The number of nitrogens with zero attached hydrogens (tertiary/aromatic N) is 1. The van der Waals surface area contributed by atoms with Crippen LogP contribution < -0.4 is 5.32 Å². The molecular weight excluding hydrogens is 464 g/mol. The summed E-state index contributed by atoms with van der Waals surface area (Å²) >= 11 is 3.51. The SMILES string of the molecule is CNC(=O)C(Cc1ccccc1)N(Cc1cccc(Br)c1)C(=O)Cc1cc(C)ccc1C. The van der Waals surface area contributed by atoms with Gasteiger partial charge in [0.15, 0.2) is 0 Å². The first-order chi connectivity index (χ1) is 15.4. The third-order valence-corrected chi connectivity index (χ3v) is 6.10. The lowest BCUT2D eigenvalue weighted by atomic mass is 9.99. The maximum absolute atomic E-state index is 13.7. The van der Waals surface area contributed by atoms with E-state index in [1.165, 1.54) is 0 Å². The van der Waals surface area contributed by atoms with E-state index < -0.39 is 6.04 Å². The Balaban J connectivity index is 1.97. The lowest BCUT2D eigenvalue weighted by Crippen LogP contribution is -2.50. The van der Waals surface area contributed by atoms with Crippen LogP contribution in [0, 0.1) is 13.8 Å². The maximum Gasteiger partial charge on any atom is 0.242 e. The molecule has 0 saturated heterocycles. The van der Waals surface area contributed by atoms with Gasteiger partial charge in [-0.25, -0.2) is 0 Å². The largest absolute Gasteiger partial charge is 0.357 e. The van der Waals surface area contributed by atoms with Gasteiger partial charge in [0, 0.05) is 24.5 Å². The van der Waals surface area contributed by atoms with Gasteiger partial charge < -0.3 is 10.2 Å². The quantitative estimate of drug-likeness (QED) is 0.481. The van der Waals surface area contributed by atoms with Crippen molar-refractivity contribution in [1.29, 1.82) is 0 Å². The number of nitrogens with one attached hydrogen (secondary N) is 1. The Hall–Kier alpha value is -2.92. The van der Waals surface area contributed by atoms with Gasteiger partial charge in [-0.15, -0.1) is 0 Å². The van der Waals surface area contributed by atoms with E-state index in [2.05, 4.69) is 27.3 Å². The first-order valence-corrected chi connectivity index (χ1v) is 11.5. The standard InChI is InChI=1S/C27H29BrN2O2/c1-19-12-13-20(2)23(14-19)17-26(31)30(18-22-10-7-11-24(28)15-22)25(27(32)29-3)16-21-8-5-4-6-9-21/h4-15,25H,16-18H2,1-3H3,(H,29,32). The van der Waals surface area contributed by atoms with Gasteiger partial charge in [-0.3, -0.25) is 9.59 Å². The molecule has 0 spiro atoms. The highest BCUT2D eigenvalue weighted by Crippen LogP contribution is 2.20. The first-order valence-electron chi connectivity index (χ1n) is 10.7. The van der Waals surface area contributed by atoms with Gasteiger partial charge in [0.1, 0.15) is 6.04 Å². The van der Waals surface area contributed by atoms with Crippen LogP contribution >= 0.6 is 15.9 Å². The van der Waals surface area contributed by atoms with Crippen LogP contribution in [-0.2, 0) is 29.0 Å². The molecule has 0 radical (unpaired) electrons. The summed E-state index contributed by atoms with van der Waals surface area (Å²) in [5, 5.41) is 2.76. The van der Waals surface area contributed by atoms with Crippen molar-refractivity contribution >= 4 is 27.7 Å². The van der Waals surface area contributed by atoms with Crippen LogP contribution in [0.1, 0.15) is 27.8 Å². The Labute approximate surface area is 198 Å². The highest BCUT2D eigenvalue weighted by molar-refractivity contribution is 9.10. The average Bonchev–Trinajstić information content (AvgIpc) is 2.78. The summed E-state index contributed by atoms with van der Waals surface area (Å²) in [5.74, 6) is -0.235. The summed E-state index contributed by atoms with van der Waals surface area (Å²) in [7, 11) is 1.62. The van der Waals surface area contributed by atoms with Gasteiger partial charge >= 0.3 is 0 Å². The van der Waals surface area contributed by atoms with Crippen molar-refractivity contribution in [3.8, 4) is 0 Å². The van der Waals surface area contributed by atoms with Gasteiger partial charge in [0.25, 0.3) is 0 Å². The van der Waals surface area contributed by atoms with E-state index in [1.54, 1.807) is 11.9 Å². The molecule has 0 saturated carbocycles. The second kappa shape index (κ2) is 11.1. The number of benzene rings is 3.